The van der Waals surface area contributed by atoms with Crippen LogP contribution in [0.25, 0.3) is 0 Å². The minimum atomic E-state index is -0.271. The number of unbranched alkanes of at least 4 members (excludes halogenated alkanes) is 1. The number of pyridine rings is 1. The quantitative estimate of drug-likeness (QED) is 0.429. The van der Waals surface area contributed by atoms with E-state index in [-0.39, 0.29) is 17.9 Å². The van der Waals surface area contributed by atoms with Crippen LogP contribution in [-0.2, 0) is 22.4 Å². The van der Waals surface area contributed by atoms with Crippen molar-refractivity contribution in [1.82, 2.24) is 9.88 Å². The molecule has 0 radical (unpaired) electrons. The Balaban J connectivity index is 1.10. The molecule has 0 spiro atoms. The van der Waals surface area contributed by atoms with Gasteiger partial charge >= 0.3 is 0 Å². The lowest BCUT2D eigenvalue weighted by Gasteiger charge is -2.27. The van der Waals surface area contributed by atoms with Gasteiger partial charge in [0, 0.05) is 49.1 Å². The van der Waals surface area contributed by atoms with Crippen molar-refractivity contribution in [2.24, 2.45) is 0 Å². The van der Waals surface area contributed by atoms with E-state index in [4.69, 9.17) is 19.2 Å². The van der Waals surface area contributed by atoms with Gasteiger partial charge in [0.1, 0.15) is 17.3 Å². The van der Waals surface area contributed by atoms with Gasteiger partial charge in [-0.05, 0) is 64.4 Å². The number of anilines is 1. The number of nitrogens with one attached hydrogen (secondary N) is 1. The number of hydrogen-bond donors (Lipinski definition) is 1. The first kappa shape index (κ1) is 25.0. The van der Waals surface area contributed by atoms with Crippen molar-refractivity contribution in [3.8, 4) is 11.5 Å². The number of carbonyl (C=O) groups excluding carboxylic acids is 1. The van der Waals surface area contributed by atoms with Crippen molar-refractivity contribution < 1.29 is 19.0 Å². The smallest absolute Gasteiger partial charge is 0.151 e. The number of methoxy groups -OCH3 is 1. The monoisotopic (exact) mass is 493 g/mol. The average molecular weight is 494 g/mol. The molecular formula is C29H39N3O4. The summed E-state index contributed by atoms with van der Waals surface area (Å²) in [6.07, 6.45) is 8.68. The van der Waals surface area contributed by atoms with E-state index in [2.05, 4.69) is 16.3 Å². The third kappa shape index (κ3) is 6.01. The van der Waals surface area contributed by atoms with E-state index in [1.807, 2.05) is 24.3 Å². The number of fused-ring (bicyclic) bond motifs is 1. The SMILES string of the molecule is COc1cc(CCCCO[C@@H]2CCN([C@@H](C(C)=O)c3ccccc3OC3CC3)C2)nc2c1CCCN2. The lowest BCUT2D eigenvalue weighted by molar-refractivity contribution is -0.122. The summed E-state index contributed by atoms with van der Waals surface area (Å²) in [4.78, 5) is 19.8. The van der Waals surface area contributed by atoms with Crippen LogP contribution >= 0.6 is 0 Å². The van der Waals surface area contributed by atoms with Crippen LogP contribution < -0.4 is 14.8 Å². The second kappa shape index (κ2) is 11.6. The van der Waals surface area contributed by atoms with E-state index < -0.39 is 0 Å². The fraction of sp³-hybridized carbons (Fsp3) is 0.586. The van der Waals surface area contributed by atoms with Crippen molar-refractivity contribution in [3.05, 3.63) is 47.2 Å². The maximum atomic E-state index is 12.7. The molecule has 3 aliphatic rings. The summed E-state index contributed by atoms with van der Waals surface area (Å²) in [5, 5.41) is 3.41. The van der Waals surface area contributed by atoms with Gasteiger partial charge in [-0.2, -0.15) is 0 Å². The Bertz CT molecular complexity index is 1040. The number of ether oxygens (including phenoxy) is 3. The Morgan fingerprint density at radius 2 is 2.03 bits per heavy atom. The molecule has 1 aliphatic carbocycles. The summed E-state index contributed by atoms with van der Waals surface area (Å²) in [5.41, 5.74) is 3.26. The van der Waals surface area contributed by atoms with Crippen LogP contribution in [0.5, 0.6) is 11.5 Å². The molecule has 2 fully saturated rings. The van der Waals surface area contributed by atoms with Crippen LogP contribution in [0.2, 0.25) is 0 Å². The zero-order valence-corrected chi connectivity index (χ0v) is 21.6. The Labute approximate surface area is 214 Å². The van der Waals surface area contributed by atoms with Gasteiger partial charge < -0.3 is 19.5 Å². The number of nitrogens with zero attached hydrogens (tertiary/aromatic N) is 2. The van der Waals surface area contributed by atoms with Crippen LogP contribution in [0.3, 0.4) is 0 Å². The predicted molar refractivity (Wildman–Crippen MR) is 140 cm³/mol. The van der Waals surface area contributed by atoms with Gasteiger partial charge in [-0.25, -0.2) is 4.98 Å². The number of hydrogen-bond acceptors (Lipinski definition) is 7. The molecule has 0 amide bonds. The summed E-state index contributed by atoms with van der Waals surface area (Å²) >= 11 is 0. The Kier molecular flexibility index (Phi) is 8.07. The highest BCUT2D eigenvalue weighted by Gasteiger charge is 2.35. The third-order valence-corrected chi connectivity index (χ3v) is 7.39. The Morgan fingerprint density at radius 1 is 1.17 bits per heavy atom. The first-order valence-electron chi connectivity index (χ1n) is 13.5. The van der Waals surface area contributed by atoms with Gasteiger partial charge in [0.2, 0.25) is 0 Å². The van der Waals surface area contributed by atoms with Gasteiger partial charge in [0.25, 0.3) is 0 Å². The van der Waals surface area contributed by atoms with Gasteiger partial charge in [-0.15, -0.1) is 0 Å². The lowest BCUT2D eigenvalue weighted by atomic mass is 10.0. The molecule has 1 aromatic carbocycles. The zero-order chi connectivity index (χ0) is 24.9. The number of likely N-dealkylation sites (tertiary alicyclic amines) is 1. The average Bonchev–Trinajstić information content (AvgIpc) is 3.59. The molecule has 1 saturated carbocycles. The molecule has 2 aromatic rings. The molecule has 7 heteroatoms. The van der Waals surface area contributed by atoms with Gasteiger partial charge in [0.05, 0.1) is 25.4 Å². The number of aromatic nitrogens is 1. The second-order valence-corrected chi connectivity index (χ2v) is 10.3. The fourth-order valence-corrected chi connectivity index (χ4v) is 5.40. The molecule has 3 heterocycles. The molecule has 0 bridgehead atoms. The topological polar surface area (TPSA) is 72.9 Å². The highest BCUT2D eigenvalue weighted by molar-refractivity contribution is 5.83. The van der Waals surface area contributed by atoms with E-state index in [0.29, 0.717) is 6.10 Å². The normalized spacial score (nSPS) is 20.4. The molecule has 194 valence electrons. The van der Waals surface area contributed by atoms with Crippen LogP contribution in [-0.4, -0.2) is 61.2 Å². The number of carbonyl (C=O) groups is 1. The van der Waals surface area contributed by atoms with E-state index in [0.717, 1.165) is 106 Å². The minimum Gasteiger partial charge on any atom is -0.496 e. The van der Waals surface area contributed by atoms with E-state index in [9.17, 15) is 4.79 Å². The Morgan fingerprint density at radius 3 is 2.83 bits per heavy atom. The number of benzene rings is 1. The molecule has 36 heavy (non-hydrogen) atoms. The van der Waals surface area contributed by atoms with Crippen molar-refractivity contribution in [3.63, 3.8) is 0 Å². The number of rotatable bonds is 12. The van der Waals surface area contributed by atoms with Crippen LogP contribution in [0, 0.1) is 0 Å². The summed E-state index contributed by atoms with van der Waals surface area (Å²) < 4.78 is 18.0. The number of Topliss-reactive ketones (excluding diaryl/α,β-unsaturated/α-hetero) is 1. The van der Waals surface area contributed by atoms with Crippen molar-refractivity contribution in [2.75, 3.05) is 38.7 Å². The summed E-state index contributed by atoms with van der Waals surface area (Å²) in [7, 11) is 1.74. The summed E-state index contributed by atoms with van der Waals surface area (Å²) in [5.74, 6) is 2.95. The molecule has 1 N–H and O–H groups in total. The zero-order valence-electron chi connectivity index (χ0n) is 21.6. The van der Waals surface area contributed by atoms with Crippen molar-refractivity contribution >= 4 is 11.6 Å². The van der Waals surface area contributed by atoms with Gasteiger partial charge in [-0.1, -0.05) is 18.2 Å². The van der Waals surface area contributed by atoms with Crippen molar-refractivity contribution in [2.45, 2.75) is 76.5 Å². The summed E-state index contributed by atoms with van der Waals surface area (Å²) in [6.45, 7) is 5.02. The van der Waals surface area contributed by atoms with Gasteiger partial charge in [0.15, 0.2) is 5.78 Å². The number of aryl methyl sites for hydroxylation is 1. The number of ketones is 1. The fourth-order valence-electron chi connectivity index (χ4n) is 5.40. The van der Waals surface area contributed by atoms with Crippen LogP contribution in [0.4, 0.5) is 5.82 Å². The van der Waals surface area contributed by atoms with E-state index in [1.54, 1.807) is 14.0 Å². The largest absolute Gasteiger partial charge is 0.496 e. The van der Waals surface area contributed by atoms with E-state index in [1.165, 1.54) is 5.56 Å². The molecule has 2 atom stereocenters. The second-order valence-electron chi connectivity index (χ2n) is 10.3. The van der Waals surface area contributed by atoms with Crippen LogP contribution in [0.1, 0.15) is 68.3 Å². The third-order valence-electron chi connectivity index (χ3n) is 7.39. The standard InChI is InChI=1S/C29H39N3O4/c1-20(33)28(24-9-3-4-11-26(24)36-22-12-13-22)32-16-14-23(19-32)35-17-6-5-8-21-18-27(34-2)25-10-7-15-30-29(25)31-21/h3-4,9,11,18,22-23,28H,5-8,10,12-17,19H2,1-2H3,(H,30,31)/t23-,28+/m1/s1. The predicted octanol–water partition coefficient (Wildman–Crippen LogP) is 4.73. The lowest BCUT2D eigenvalue weighted by Crippen LogP contribution is -2.33. The van der Waals surface area contributed by atoms with E-state index >= 15 is 0 Å². The minimum absolute atomic E-state index is 0.157. The highest BCUT2D eigenvalue weighted by atomic mass is 16.5. The highest BCUT2D eigenvalue weighted by Crippen LogP contribution is 2.36. The molecule has 2 aliphatic heterocycles. The Hall–Kier alpha value is -2.64. The van der Waals surface area contributed by atoms with Crippen molar-refractivity contribution in [1.29, 1.82) is 0 Å². The summed E-state index contributed by atoms with van der Waals surface area (Å²) in [6, 6.07) is 9.84. The molecule has 0 unspecified atom stereocenters. The maximum Gasteiger partial charge on any atom is 0.151 e. The molecular weight excluding hydrogens is 454 g/mol. The molecule has 1 aromatic heterocycles. The van der Waals surface area contributed by atoms with Crippen LogP contribution in [0.15, 0.2) is 30.3 Å². The molecule has 1 saturated heterocycles. The maximum absolute atomic E-state index is 12.7. The van der Waals surface area contributed by atoms with Gasteiger partial charge in [-0.3, -0.25) is 9.69 Å². The first-order chi connectivity index (χ1) is 17.6. The first-order valence-corrected chi connectivity index (χ1v) is 13.5. The number of para-hydroxylation sites is 1. The molecule has 7 nitrogen and oxygen atoms in total. The molecule has 5 rings (SSSR count).